The Balaban J connectivity index is 2.02. The van der Waals surface area contributed by atoms with Crippen molar-refractivity contribution in [1.29, 1.82) is 0 Å². The molecule has 3 nitrogen and oxygen atoms in total. The standard InChI is InChI=1S/C17H20ClFN2OS/c1-17(2,3)14-11(4-5-12(18)15(14)19)13-10-23-16(20-13)21-6-8-22-9-7-21/h4-5,10H,6-9H2,1-3H3. The smallest absolute Gasteiger partial charge is 0.186 e. The third-order valence-corrected chi connectivity index (χ3v) is 5.09. The molecule has 1 aromatic carbocycles. The fourth-order valence-electron chi connectivity index (χ4n) is 2.79. The molecule has 0 aliphatic carbocycles. The van der Waals surface area contributed by atoms with Gasteiger partial charge < -0.3 is 9.64 Å². The van der Waals surface area contributed by atoms with Crippen molar-refractivity contribution in [3.05, 3.63) is 33.9 Å². The lowest BCUT2D eigenvalue weighted by atomic mass is 9.82. The first-order valence-electron chi connectivity index (χ1n) is 7.65. The number of benzene rings is 1. The van der Waals surface area contributed by atoms with E-state index < -0.39 is 0 Å². The van der Waals surface area contributed by atoms with E-state index >= 15 is 0 Å². The first kappa shape index (κ1) is 16.7. The molecule has 2 aromatic rings. The summed E-state index contributed by atoms with van der Waals surface area (Å²) in [5.41, 5.74) is 1.88. The third kappa shape index (κ3) is 3.37. The minimum absolute atomic E-state index is 0.155. The maximum atomic E-state index is 14.6. The number of hydrogen-bond donors (Lipinski definition) is 0. The summed E-state index contributed by atoms with van der Waals surface area (Å²) in [4.78, 5) is 6.94. The maximum Gasteiger partial charge on any atom is 0.186 e. The van der Waals surface area contributed by atoms with Gasteiger partial charge in [0.1, 0.15) is 5.82 Å². The number of nitrogens with zero attached hydrogens (tertiary/aromatic N) is 2. The van der Waals surface area contributed by atoms with Gasteiger partial charge in [-0.05, 0) is 11.5 Å². The minimum atomic E-state index is -0.354. The zero-order valence-corrected chi connectivity index (χ0v) is 15.1. The van der Waals surface area contributed by atoms with E-state index in [0.717, 1.165) is 42.7 Å². The molecule has 0 spiro atoms. The average molecular weight is 355 g/mol. The summed E-state index contributed by atoms with van der Waals surface area (Å²) in [7, 11) is 0. The van der Waals surface area contributed by atoms with Gasteiger partial charge in [-0.25, -0.2) is 9.37 Å². The molecule has 0 N–H and O–H groups in total. The first-order chi connectivity index (χ1) is 10.9. The Kier molecular flexibility index (Phi) is 4.63. The van der Waals surface area contributed by atoms with Gasteiger partial charge in [0.05, 0.1) is 23.9 Å². The van der Waals surface area contributed by atoms with E-state index in [0.29, 0.717) is 5.56 Å². The van der Waals surface area contributed by atoms with E-state index in [1.807, 2.05) is 32.2 Å². The van der Waals surface area contributed by atoms with Gasteiger partial charge in [0.2, 0.25) is 0 Å². The Labute approximate surface area is 145 Å². The zero-order chi connectivity index (χ0) is 16.6. The molecule has 6 heteroatoms. The number of thiazole rings is 1. The van der Waals surface area contributed by atoms with Crippen molar-refractivity contribution in [2.24, 2.45) is 0 Å². The van der Waals surface area contributed by atoms with Crippen LogP contribution in [-0.2, 0) is 10.2 Å². The summed E-state index contributed by atoms with van der Waals surface area (Å²) in [6, 6.07) is 3.47. The molecule has 124 valence electrons. The highest BCUT2D eigenvalue weighted by atomic mass is 35.5. The second kappa shape index (κ2) is 6.38. The Morgan fingerprint density at radius 2 is 1.96 bits per heavy atom. The van der Waals surface area contributed by atoms with Gasteiger partial charge in [0, 0.05) is 29.6 Å². The lowest BCUT2D eigenvalue weighted by Crippen LogP contribution is -2.36. The van der Waals surface area contributed by atoms with Crippen molar-refractivity contribution in [3.8, 4) is 11.3 Å². The van der Waals surface area contributed by atoms with Crippen LogP contribution >= 0.6 is 22.9 Å². The first-order valence-corrected chi connectivity index (χ1v) is 8.91. The molecule has 0 amide bonds. The van der Waals surface area contributed by atoms with Gasteiger partial charge in [-0.1, -0.05) is 38.4 Å². The largest absolute Gasteiger partial charge is 0.378 e. The van der Waals surface area contributed by atoms with Crippen LogP contribution in [0.3, 0.4) is 0 Å². The zero-order valence-electron chi connectivity index (χ0n) is 13.5. The van der Waals surface area contributed by atoms with E-state index in [-0.39, 0.29) is 16.3 Å². The molecule has 1 aliphatic heterocycles. The third-order valence-electron chi connectivity index (χ3n) is 3.89. The van der Waals surface area contributed by atoms with E-state index in [9.17, 15) is 4.39 Å². The van der Waals surface area contributed by atoms with Crippen LogP contribution in [-0.4, -0.2) is 31.3 Å². The lowest BCUT2D eigenvalue weighted by molar-refractivity contribution is 0.122. The maximum absolute atomic E-state index is 14.6. The number of anilines is 1. The Bertz CT molecular complexity index is 705. The van der Waals surface area contributed by atoms with Crippen LogP contribution in [0, 0.1) is 5.82 Å². The average Bonchev–Trinajstić information content (AvgIpc) is 2.99. The summed E-state index contributed by atoms with van der Waals surface area (Å²) in [6.45, 7) is 9.08. The van der Waals surface area contributed by atoms with Crippen LogP contribution in [0.5, 0.6) is 0 Å². The van der Waals surface area contributed by atoms with Crippen molar-refractivity contribution < 1.29 is 9.13 Å². The van der Waals surface area contributed by atoms with Crippen molar-refractivity contribution in [1.82, 2.24) is 4.98 Å². The van der Waals surface area contributed by atoms with Crippen LogP contribution in [0.1, 0.15) is 26.3 Å². The van der Waals surface area contributed by atoms with Crippen LogP contribution in [0.2, 0.25) is 5.02 Å². The molecule has 0 atom stereocenters. The molecule has 0 bridgehead atoms. The van der Waals surface area contributed by atoms with E-state index in [4.69, 9.17) is 21.3 Å². The second-order valence-electron chi connectivity index (χ2n) is 6.65. The van der Waals surface area contributed by atoms with Crippen LogP contribution < -0.4 is 4.90 Å². The van der Waals surface area contributed by atoms with Crippen molar-refractivity contribution in [2.45, 2.75) is 26.2 Å². The van der Waals surface area contributed by atoms with Gasteiger partial charge in [-0.2, -0.15) is 0 Å². The Hall–Kier alpha value is -1.17. The molecule has 3 rings (SSSR count). The Morgan fingerprint density at radius 3 is 2.61 bits per heavy atom. The van der Waals surface area contributed by atoms with Gasteiger partial charge >= 0.3 is 0 Å². The summed E-state index contributed by atoms with van der Waals surface area (Å²) in [5.74, 6) is -0.349. The minimum Gasteiger partial charge on any atom is -0.378 e. The summed E-state index contributed by atoms with van der Waals surface area (Å²) in [6.07, 6.45) is 0. The molecule has 1 saturated heterocycles. The Morgan fingerprint density at radius 1 is 1.26 bits per heavy atom. The SMILES string of the molecule is CC(C)(C)c1c(-c2csc(N3CCOCC3)n2)ccc(Cl)c1F. The molecule has 1 aliphatic rings. The second-order valence-corrected chi connectivity index (χ2v) is 7.89. The molecule has 0 saturated carbocycles. The van der Waals surface area contributed by atoms with Gasteiger partial charge in [0.25, 0.3) is 0 Å². The topological polar surface area (TPSA) is 25.4 Å². The predicted octanol–water partition coefficient (Wildman–Crippen LogP) is 4.74. The normalized spacial score (nSPS) is 16.0. The molecule has 23 heavy (non-hydrogen) atoms. The molecular weight excluding hydrogens is 335 g/mol. The highest BCUT2D eigenvalue weighted by Crippen LogP contribution is 2.39. The molecule has 0 radical (unpaired) electrons. The van der Waals surface area contributed by atoms with Gasteiger partial charge in [0.15, 0.2) is 5.13 Å². The highest BCUT2D eigenvalue weighted by molar-refractivity contribution is 7.14. The van der Waals surface area contributed by atoms with Crippen molar-refractivity contribution >= 4 is 28.1 Å². The monoisotopic (exact) mass is 354 g/mol. The number of hydrogen-bond acceptors (Lipinski definition) is 4. The highest BCUT2D eigenvalue weighted by Gasteiger charge is 2.26. The summed E-state index contributed by atoms with van der Waals surface area (Å²) < 4.78 is 20.0. The fourth-order valence-corrected chi connectivity index (χ4v) is 3.82. The van der Waals surface area contributed by atoms with E-state index in [1.54, 1.807) is 17.4 Å². The van der Waals surface area contributed by atoms with Crippen LogP contribution in [0.4, 0.5) is 9.52 Å². The number of ether oxygens (including phenoxy) is 1. The predicted molar refractivity (Wildman–Crippen MR) is 94.3 cm³/mol. The van der Waals surface area contributed by atoms with E-state index in [2.05, 4.69) is 4.90 Å². The summed E-state index contributed by atoms with van der Waals surface area (Å²) >= 11 is 7.58. The van der Waals surface area contributed by atoms with Gasteiger partial charge in [-0.15, -0.1) is 11.3 Å². The molecule has 1 fully saturated rings. The number of rotatable bonds is 2. The van der Waals surface area contributed by atoms with Crippen LogP contribution in [0.25, 0.3) is 11.3 Å². The molecule has 1 aromatic heterocycles. The number of aromatic nitrogens is 1. The van der Waals surface area contributed by atoms with Gasteiger partial charge in [-0.3, -0.25) is 0 Å². The van der Waals surface area contributed by atoms with Crippen molar-refractivity contribution in [2.75, 3.05) is 31.2 Å². The van der Waals surface area contributed by atoms with E-state index in [1.165, 1.54) is 0 Å². The molecular formula is C17H20ClFN2OS. The fraction of sp³-hybridized carbons (Fsp3) is 0.471. The molecule has 0 unspecified atom stereocenters. The number of morpholine rings is 1. The number of halogens is 2. The van der Waals surface area contributed by atoms with Crippen molar-refractivity contribution in [3.63, 3.8) is 0 Å². The lowest BCUT2D eigenvalue weighted by Gasteiger charge is -2.26. The summed E-state index contributed by atoms with van der Waals surface area (Å²) in [5, 5.41) is 3.10. The molecule has 2 heterocycles. The van der Waals surface area contributed by atoms with Crippen LogP contribution in [0.15, 0.2) is 17.5 Å². The quantitative estimate of drug-likeness (QED) is 0.779.